The maximum absolute atomic E-state index is 13.1. The minimum atomic E-state index is -0.104. The standard InChI is InChI=1S/C21H23NO4/c1-5-22(6-2)21(24)13-10-17-16(19(11-13)26-4)12-15-14(20(17)23)8-7-9-18(15)25-3/h7-11H,5-6,12H2,1-4H3. The molecule has 5 heteroatoms. The summed E-state index contributed by atoms with van der Waals surface area (Å²) in [5.74, 6) is 1.04. The van der Waals surface area contributed by atoms with Crippen LogP contribution in [0, 0.1) is 0 Å². The number of carbonyl (C=O) groups excluding carboxylic acids is 2. The van der Waals surface area contributed by atoms with Crippen molar-refractivity contribution >= 4 is 11.7 Å². The molecule has 1 amide bonds. The van der Waals surface area contributed by atoms with Gasteiger partial charge in [-0.2, -0.15) is 0 Å². The van der Waals surface area contributed by atoms with Gasteiger partial charge in [0.25, 0.3) is 5.91 Å². The minimum absolute atomic E-state index is 0.0969. The van der Waals surface area contributed by atoms with Crippen LogP contribution >= 0.6 is 0 Å². The van der Waals surface area contributed by atoms with Gasteiger partial charge in [0, 0.05) is 47.3 Å². The van der Waals surface area contributed by atoms with Crippen LogP contribution in [0.4, 0.5) is 0 Å². The zero-order valence-electron chi connectivity index (χ0n) is 15.6. The molecule has 0 atom stereocenters. The summed E-state index contributed by atoms with van der Waals surface area (Å²) in [6.07, 6.45) is 0.531. The highest BCUT2D eigenvalue weighted by molar-refractivity contribution is 6.14. The fourth-order valence-electron chi connectivity index (χ4n) is 3.50. The Kier molecular flexibility index (Phi) is 4.98. The van der Waals surface area contributed by atoms with E-state index in [4.69, 9.17) is 9.47 Å². The lowest BCUT2D eigenvalue weighted by molar-refractivity contribution is 0.0772. The molecular weight excluding hydrogens is 330 g/mol. The molecule has 0 spiro atoms. The smallest absolute Gasteiger partial charge is 0.253 e. The number of benzene rings is 2. The van der Waals surface area contributed by atoms with Crippen molar-refractivity contribution in [1.29, 1.82) is 0 Å². The third kappa shape index (κ3) is 2.83. The van der Waals surface area contributed by atoms with E-state index in [2.05, 4.69) is 0 Å². The number of hydrogen-bond acceptors (Lipinski definition) is 4. The highest BCUT2D eigenvalue weighted by Gasteiger charge is 2.30. The zero-order valence-corrected chi connectivity index (χ0v) is 15.6. The second-order valence-electron chi connectivity index (χ2n) is 6.17. The van der Waals surface area contributed by atoms with Gasteiger partial charge in [0.2, 0.25) is 0 Å². The number of rotatable bonds is 5. The third-order valence-electron chi connectivity index (χ3n) is 4.92. The Balaban J connectivity index is 2.14. The van der Waals surface area contributed by atoms with E-state index in [1.165, 1.54) is 0 Å². The van der Waals surface area contributed by atoms with Crippen LogP contribution < -0.4 is 9.47 Å². The average molecular weight is 353 g/mol. The predicted molar refractivity (Wildman–Crippen MR) is 99.5 cm³/mol. The molecule has 0 bridgehead atoms. The van der Waals surface area contributed by atoms with Crippen molar-refractivity contribution < 1.29 is 19.1 Å². The van der Waals surface area contributed by atoms with Crippen LogP contribution in [0.2, 0.25) is 0 Å². The number of ether oxygens (including phenoxy) is 2. The van der Waals surface area contributed by atoms with E-state index in [0.29, 0.717) is 47.7 Å². The van der Waals surface area contributed by atoms with Crippen LogP contribution in [0.5, 0.6) is 11.5 Å². The molecule has 3 rings (SSSR count). The molecule has 0 N–H and O–H groups in total. The molecule has 0 heterocycles. The second kappa shape index (κ2) is 7.20. The number of ketones is 1. The lowest BCUT2D eigenvalue weighted by Crippen LogP contribution is -2.31. The molecule has 2 aromatic rings. The first-order chi connectivity index (χ1) is 12.5. The first-order valence-corrected chi connectivity index (χ1v) is 8.76. The fraction of sp³-hybridized carbons (Fsp3) is 0.333. The van der Waals surface area contributed by atoms with Gasteiger partial charge in [-0.25, -0.2) is 0 Å². The first-order valence-electron chi connectivity index (χ1n) is 8.76. The highest BCUT2D eigenvalue weighted by atomic mass is 16.5. The van der Waals surface area contributed by atoms with Crippen LogP contribution in [0.1, 0.15) is 51.3 Å². The van der Waals surface area contributed by atoms with Gasteiger partial charge in [0.05, 0.1) is 14.2 Å². The molecule has 0 saturated heterocycles. The van der Waals surface area contributed by atoms with Crippen LogP contribution in [-0.4, -0.2) is 43.9 Å². The van der Waals surface area contributed by atoms with Crippen molar-refractivity contribution in [2.24, 2.45) is 0 Å². The molecule has 0 radical (unpaired) electrons. The molecular formula is C21H23NO4. The van der Waals surface area contributed by atoms with Crippen LogP contribution in [0.3, 0.4) is 0 Å². The van der Waals surface area contributed by atoms with Gasteiger partial charge in [0.1, 0.15) is 11.5 Å². The molecule has 5 nitrogen and oxygen atoms in total. The molecule has 1 aliphatic rings. The molecule has 0 aliphatic heterocycles. The summed E-state index contributed by atoms with van der Waals surface area (Å²) in [4.78, 5) is 27.6. The molecule has 0 saturated carbocycles. The normalized spacial score (nSPS) is 12.2. The van der Waals surface area contributed by atoms with E-state index >= 15 is 0 Å². The summed E-state index contributed by atoms with van der Waals surface area (Å²) in [6.45, 7) is 5.10. The summed E-state index contributed by atoms with van der Waals surface area (Å²) in [7, 11) is 3.15. The number of nitrogens with zero attached hydrogens (tertiary/aromatic N) is 1. The monoisotopic (exact) mass is 353 g/mol. The number of hydrogen-bond donors (Lipinski definition) is 0. The molecule has 0 aromatic heterocycles. The van der Waals surface area contributed by atoms with E-state index in [9.17, 15) is 9.59 Å². The summed E-state index contributed by atoms with van der Waals surface area (Å²) in [5, 5.41) is 0. The van der Waals surface area contributed by atoms with Gasteiger partial charge in [-0.05, 0) is 32.0 Å². The minimum Gasteiger partial charge on any atom is -0.496 e. The number of methoxy groups -OCH3 is 2. The van der Waals surface area contributed by atoms with E-state index in [1.54, 1.807) is 37.3 Å². The Bertz CT molecular complexity index is 869. The number of amides is 1. The van der Waals surface area contributed by atoms with Crippen molar-refractivity contribution in [1.82, 2.24) is 4.90 Å². The molecule has 26 heavy (non-hydrogen) atoms. The van der Waals surface area contributed by atoms with E-state index < -0.39 is 0 Å². The van der Waals surface area contributed by atoms with Gasteiger partial charge >= 0.3 is 0 Å². The average Bonchev–Trinajstić information content (AvgIpc) is 2.68. The Morgan fingerprint density at radius 2 is 1.65 bits per heavy atom. The molecule has 0 fully saturated rings. The van der Waals surface area contributed by atoms with Crippen LogP contribution in [-0.2, 0) is 6.42 Å². The largest absolute Gasteiger partial charge is 0.496 e. The fourth-order valence-corrected chi connectivity index (χ4v) is 3.50. The van der Waals surface area contributed by atoms with Crippen molar-refractivity contribution in [3.8, 4) is 11.5 Å². The van der Waals surface area contributed by atoms with Crippen molar-refractivity contribution in [2.75, 3.05) is 27.3 Å². The van der Waals surface area contributed by atoms with Crippen LogP contribution in [0.25, 0.3) is 0 Å². The van der Waals surface area contributed by atoms with Gasteiger partial charge in [0.15, 0.2) is 5.78 Å². The Morgan fingerprint density at radius 1 is 1.00 bits per heavy atom. The summed E-state index contributed by atoms with van der Waals surface area (Å²) >= 11 is 0. The maximum Gasteiger partial charge on any atom is 0.253 e. The lowest BCUT2D eigenvalue weighted by Gasteiger charge is -2.24. The van der Waals surface area contributed by atoms with E-state index in [0.717, 1.165) is 11.1 Å². The zero-order chi connectivity index (χ0) is 18.8. The van der Waals surface area contributed by atoms with Gasteiger partial charge in [-0.1, -0.05) is 12.1 Å². The quantitative estimate of drug-likeness (QED) is 0.706. The van der Waals surface area contributed by atoms with Crippen LogP contribution in [0.15, 0.2) is 30.3 Å². The van der Waals surface area contributed by atoms with Crippen molar-refractivity contribution in [3.05, 3.63) is 58.1 Å². The number of fused-ring (bicyclic) bond motifs is 2. The van der Waals surface area contributed by atoms with E-state index in [-0.39, 0.29) is 11.7 Å². The predicted octanol–water partition coefficient (Wildman–Crippen LogP) is 3.32. The third-order valence-corrected chi connectivity index (χ3v) is 4.92. The maximum atomic E-state index is 13.1. The summed E-state index contributed by atoms with van der Waals surface area (Å²) in [6, 6.07) is 8.88. The van der Waals surface area contributed by atoms with Gasteiger partial charge < -0.3 is 14.4 Å². The SMILES string of the molecule is CCN(CC)C(=O)c1cc(OC)c2c(c1)C(=O)c1cccc(OC)c1C2. The number of carbonyl (C=O) groups is 2. The lowest BCUT2D eigenvalue weighted by atomic mass is 9.83. The van der Waals surface area contributed by atoms with Crippen molar-refractivity contribution in [2.45, 2.75) is 20.3 Å². The molecule has 2 aromatic carbocycles. The Morgan fingerprint density at radius 3 is 2.27 bits per heavy atom. The van der Waals surface area contributed by atoms with Crippen molar-refractivity contribution in [3.63, 3.8) is 0 Å². The van der Waals surface area contributed by atoms with Gasteiger partial charge in [-0.15, -0.1) is 0 Å². The Hall–Kier alpha value is -2.82. The molecule has 0 unspecified atom stereocenters. The topological polar surface area (TPSA) is 55.8 Å². The molecule has 1 aliphatic carbocycles. The highest BCUT2D eigenvalue weighted by Crippen LogP contribution is 2.38. The van der Waals surface area contributed by atoms with E-state index in [1.807, 2.05) is 26.0 Å². The second-order valence-corrected chi connectivity index (χ2v) is 6.17. The first kappa shape index (κ1) is 18.0. The molecule has 136 valence electrons. The summed E-state index contributed by atoms with van der Waals surface area (Å²) in [5.41, 5.74) is 3.27. The summed E-state index contributed by atoms with van der Waals surface area (Å²) < 4.78 is 10.9. The van der Waals surface area contributed by atoms with Gasteiger partial charge in [-0.3, -0.25) is 9.59 Å². The Labute approximate surface area is 153 Å².